The number of esters is 1. The van der Waals surface area contributed by atoms with Crippen LogP contribution < -0.4 is 0 Å². The molecule has 0 unspecified atom stereocenters. The van der Waals surface area contributed by atoms with Crippen molar-refractivity contribution in [2.45, 2.75) is 97.3 Å². The Morgan fingerprint density at radius 3 is 1.14 bits per heavy atom. The summed E-state index contributed by atoms with van der Waals surface area (Å²) >= 11 is 0. The number of hydrogen-bond acceptors (Lipinski definition) is 8. The van der Waals surface area contributed by atoms with Crippen LogP contribution in [0.2, 0.25) is 0 Å². The van der Waals surface area contributed by atoms with Crippen LogP contribution in [0.15, 0.2) is 0 Å². The van der Waals surface area contributed by atoms with Gasteiger partial charge in [-0.3, -0.25) is 4.79 Å². The van der Waals surface area contributed by atoms with Crippen LogP contribution in [-0.2, 0) is 38.0 Å². The van der Waals surface area contributed by atoms with Gasteiger partial charge in [-0.05, 0) is 12.8 Å². The van der Waals surface area contributed by atoms with Gasteiger partial charge >= 0.3 is 5.97 Å². The van der Waals surface area contributed by atoms with Gasteiger partial charge in [-0.1, -0.05) is 78.1 Å². The first kappa shape index (κ1) is 36.2. The zero-order valence-electron chi connectivity index (χ0n) is 24.2. The summed E-state index contributed by atoms with van der Waals surface area (Å²) < 4.78 is 38.0. The van der Waals surface area contributed by atoms with Gasteiger partial charge in [0.2, 0.25) is 0 Å². The van der Waals surface area contributed by atoms with Crippen LogP contribution >= 0.6 is 0 Å². The van der Waals surface area contributed by atoms with Crippen molar-refractivity contribution in [3.05, 3.63) is 0 Å². The van der Waals surface area contributed by atoms with E-state index >= 15 is 0 Å². The quantitative estimate of drug-likeness (QED) is 0.0798. The predicted octanol–water partition coefficient (Wildman–Crippen LogP) is 5.74. The first-order valence-electron chi connectivity index (χ1n) is 14.9. The molecule has 0 rings (SSSR count). The lowest BCUT2D eigenvalue weighted by molar-refractivity contribution is -0.145. The summed E-state index contributed by atoms with van der Waals surface area (Å²) in [5.74, 6) is -0.140. The van der Waals surface area contributed by atoms with Gasteiger partial charge in [0.15, 0.2) is 0 Å². The van der Waals surface area contributed by atoms with Crippen LogP contribution in [-0.4, -0.2) is 91.9 Å². The lowest BCUT2D eigenvalue weighted by Crippen LogP contribution is -2.15. The van der Waals surface area contributed by atoms with E-state index in [-0.39, 0.29) is 5.97 Å². The SMILES string of the molecule is CCCCCCCCCCOCCOCCOCCOCCOCCOCCOC(=O)CCCCCC. The lowest BCUT2D eigenvalue weighted by Gasteiger charge is -2.08. The predicted molar refractivity (Wildman–Crippen MR) is 147 cm³/mol. The van der Waals surface area contributed by atoms with E-state index in [4.69, 9.17) is 33.2 Å². The molecule has 8 nitrogen and oxygen atoms in total. The maximum atomic E-state index is 11.5. The molecule has 0 atom stereocenters. The topological polar surface area (TPSA) is 81.7 Å². The normalized spacial score (nSPS) is 11.3. The smallest absolute Gasteiger partial charge is 0.305 e. The molecule has 0 spiro atoms. The minimum absolute atomic E-state index is 0.140. The fourth-order valence-corrected chi connectivity index (χ4v) is 3.52. The number of unbranched alkanes of at least 4 members (excludes halogenated alkanes) is 10. The third-order valence-corrected chi connectivity index (χ3v) is 5.73. The zero-order valence-corrected chi connectivity index (χ0v) is 24.2. The third-order valence-electron chi connectivity index (χ3n) is 5.73. The highest BCUT2D eigenvalue weighted by Gasteiger charge is 2.02. The van der Waals surface area contributed by atoms with Crippen molar-refractivity contribution in [3.8, 4) is 0 Å². The van der Waals surface area contributed by atoms with E-state index in [0.717, 1.165) is 32.3 Å². The first-order chi connectivity index (χ1) is 18.3. The second-order valence-electron chi connectivity index (χ2n) is 9.18. The molecule has 0 saturated heterocycles. The Morgan fingerprint density at radius 2 is 0.703 bits per heavy atom. The molecule has 0 radical (unpaired) electrons. The highest BCUT2D eigenvalue weighted by molar-refractivity contribution is 5.69. The number of carbonyl (C=O) groups excluding carboxylic acids is 1. The number of carbonyl (C=O) groups is 1. The largest absolute Gasteiger partial charge is 0.463 e. The van der Waals surface area contributed by atoms with E-state index in [0.29, 0.717) is 85.7 Å². The third kappa shape index (κ3) is 33.2. The summed E-state index contributed by atoms with van der Waals surface area (Å²) in [7, 11) is 0. The molecular formula is C29H58O8. The van der Waals surface area contributed by atoms with Gasteiger partial charge in [-0.25, -0.2) is 0 Å². The molecule has 0 heterocycles. The van der Waals surface area contributed by atoms with Gasteiger partial charge in [0, 0.05) is 13.0 Å². The summed E-state index contributed by atoms with van der Waals surface area (Å²) in [6.45, 7) is 11.4. The van der Waals surface area contributed by atoms with Crippen molar-refractivity contribution >= 4 is 5.97 Å². The Morgan fingerprint density at radius 1 is 0.378 bits per heavy atom. The van der Waals surface area contributed by atoms with Crippen molar-refractivity contribution in [2.24, 2.45) is 0 Å². The van der Waals surface area contributed by atoms with Gasteiger partial charge in [0.05, 0.1) is 72.7 Å². The Bertz CT molecular complexity index is 436. The van der Waals surface area contributed by atoms with E-state index in [1.54, 1.807) is 0 Å². The molecule has 0 bridgehead atoms. The van der Waals surface area contributed by atoms with E-state index in [9.17, 15) is 4.79 Å². The molecule has 0 saturated carbocycles. The molecule has 0 N–H and O–H groups in total. The van der Waals surface area contributed by atoms with Crippen LogP contribution in [0.1, 0.15) is 97.3 Å². The average Bonchev–Trinajstić information content (AvgIpc) is 2.90. The van der Waals surface area contributed by atoms with E-state index in [1.165, 1.54) is 51.4 Å². The summed E-state index contributed by atoms with van der Waals surface area (Å²) in [6, 6.07) is 0. The maximum absolute atomic E-state index is 11.5. The fourth-order valence-electron chi connectivity index (χ4n) is 3.52. The van der Waals surface area contributed by atoms with E-state index < -0.39 is 0 Å². The van der Waals surface area contributed by atoms with E-state index in [2.05, 4.69) is 13.8 Å². The van der Waals surface area contributed by atoms with Crippen molar-refractivity contribution < 1.29 is 38.0 Å². The first-order valence-corrected chi connectivity index (χ1v) is 14.9. The molecular weight excluding hydrogens is 476 g/mol. The monoisotopic (exact) mass is 534 g/mol. The van der Waals surface area contributed by atoms with Crippen LogP contribution in [0, 0.1) is 0 Å². The minimum atomic E-state index is -0.140. The molecule has 37 heavy (non-hydrogen) atoms. The van der Waals surface area contributed by atoms with Crippen LogP contribution in [0.25, 0.3) is 0 Å². The number of rotatable bonds is 32. The van der Waals surface area contributed by atoms with Gasteiger partial charge < -0.3 is 33.2 Å². The molecule has 0 amide bonds. The lowest BCUT2D eigenvalue weighted by atomic mass is 10.1. The molecule has 0 aliphatic heterocycles. The molecule has 0 aliphatic rings. The molecule has 0 aliphatic carbocycles. The molecule has 0 fully saturated rings. The Hall–Kier alpha value is -0.770. The molecule has 0 aromatic heterocycles. The maximum Gasteiger partial charge on any atom is 0.305 e. The number of ether oxygens (including phenoxy) is 7. The van der Waals surface area contributed by atoms with Crippen molar-refractivity contribution in [1.29, 1.82) is 0 Å². The summed E-state index contributed by atoms with van der Waals surface area (Å²) in [5, 5.41) is 0. The van der Waals surface area contributed by atoms with Gasteiger partial charge in [-0.15, -0.1) is 0 Å². The Labute approximate surface area is 227 Å². The summed E-state index contributed by atoms with van der Waals surface area (Å²) in [4.78, 5) is 11.5. The minimum Gasteiger partial charge on any atom is -0.463 e. The van der Waals surface area contributed by atoms with Gasteiger partial charge in [0.25, 0.3) is 0 Å². The molecule has 0 aromatic rings. The molecule has 8 heteroatoms. The second-order valence-corrected chi connectivity index (χ2v) is 9.18. The highest BCUT2D eigenvalue weighted by Crippen LogP contribution is 2.08. The van der Waals surface area contributed by atoms with Crippen molar-refractivity contribution in [1.82, 2.24) is 0 Å². The highest BCUT2D eigenvalue weighted by atomic mass is 16.6. The average molecular weight is 535 g/mol. The second kappa shape index (κ2) is 33.3. The summed E-state index contributed by atoms with van der Waals surface area (Å²) in [5.41, 5.74) is 0. The van der Waals surface area contributed by atoms with Crippen molar-refractivity contribution in [2.75, 3.05) is 85.9 Å². The molecule has 222 valence electrons. The zero-order chi connectivity index (χ0) is 26.9. The Balaban J connectivity index is 3.07. The van der Waals surface area contributed by atoms with Crippen LogP contribution in [0.3, 0.4) is 0 Å². The van der Waals surface area contributed by atoms with E-state index in [1.807, 2.05) is 0 Å². The molecule has 0 aromatic carbocycles. The van der Waals surface area contributed by atoms with Gasteiger partial charge in [-0.2, -0.15) is 0 Å². The Kier molecular flexibility index (Phi) is 32.6. The van der Waals surface area contributed by atoms with Crippen LogP contribution in [0.4, 0.5) is 0 Å². The number of hydrogen-bond donors (Lipinski definition) is 0. The summed E-state index contributed by atoms with van der Waals surface area (Å²) in [6.07, 6.45) is 15.4. The fraction of sp³-hybridized carbons (Fsp3) is 0.966. The van der Waals surface area contributed by atoms with Gasteiger partial charge in [0.1, 0.15) is 6.61 Å². The standard InChI is InChI=1S/C29H58O8/c1-3-5-7-9-10-11-12-14-16-31-17-18-32-19-20-33-21-22-34-23-24-35-25-26-36-27-28-37-29(30)15-13-8-6-4-2/h3-28H2,1-2H3. The van der Waals surface area contributed by atoms with Crippen LogP contribution in [0.5, 0.6) is 0 Å². The van der Waals surface area contributed by atoms with Crippen molar-refractivity contribution in [3.63, 3.8) is 0 Å².